The van der Waals surface area contributed by atoms with Crippen molar-refractivity contribution in [1.29, 1.82) is 5.26 Å². The van der Waals surface area contributed by atoms with E-state index in [1.165, 1.54) is 28.1 Å². The molecule has 1 atom stereocenters. The number of hydrogen-bond donors (Lipinski definition) is 0. The average molecular weight is 637 g/mol. The van der Waals surface area contributed by atoms with Crippen LogP contribution in [0.15, 0.2) is 49.1 Å². The molecule has 3 aromatic rings. The maximum Gasteiger partial charge on any atom is 0.318 e. The number of ether oxygens (including phenoxy) is 1. The molecule has 6 rings (SSSR count). The lowest BCUT2D eigenvalue weighted by Crippen LogP contribution is -2.55. The Morgan fingerprint density at radius 3 is 2.62 bits per heavy atom. The molecule has 1 aromatic heterocycles. The Morgan fingerprint density at radius 2 is 1.89 bits per heavy atom. The minimum absolute atomic E-state index is 0.127. The summed E-state index contributed by atoms with van der Waals surface area (Å²) in [4.78, 5) is 33.8. The summed E-state index contributed by atoms with van der Waals surface area (Å²) in [6.07, 6.45) is 4.67. The predicted octanol–water partition coefficient (Wildman–Crippen LogP) is 4.27. The number of likely N-dealkylation sites (N-methyl/N-ethyl adjacent to an activating group) is 2. The molecular weight excluding hydrogens is 588 g/mol. The molecule has 3 heterocycles. The van der Waals surface area contributed by atoms with Gasteiger partial charge in [-0.1, -0.05) is 36.9 Å². The van der Waals surface area contributed by atoms with E-state index in [2.05, 4.69) is 96.7 Å². The molecule has 3 aliphatic rings. The molecule has 248 valence electrons. The number of nitrogens with zero attached hydrogens (tertiary/aromatic N) is 8. The number of carbonyl (C=O) groups excluding carboxylic acids is 1. The SMILES string of the molecule is C=CC(=O)N1CCN(c2nc(OCC3(CN(C)CCN(C)C)CC3)nc3c2CCN(c2cccc4cccc(C)c24)C3)CC1CC#N. The average Bonchev–Trinajstić information content (AvgIpc) is 3.84. The summed E-state index contributed by atoms with van der Waals surface area (Å²) in [5, 5.41) is 12.1. The van der Waals surface area contributed by atoms with Gasteiger partial charge in [-0.3, -0.25) is 4.79 Å². The molecular formula is C37H48N8O2. The van der Waals surface area contributed by atoms with E-state index >= 15 is 0 Å². The van der Waals surface area contributed by atoms with E-state index in [1.54, 1.807) is 4.90 Å². The zero-order chi connectivity index (χ0) is 33.1. The highest BCUT2D eigenvalue weighted by atomic mass is 16.5. The number of piperazine rings is 1. The van der Waals surface area contributed by atoms with Crippen molar-refractivity contribution < 1.29 is 9.53 Å². The maximum absolute atomic E-state index is 12.6. The van der Waals surface area contributed by atoms with E-state index in [1.807, 2.05) is 0 Å². The maximum atomic E-state index is 12.6. The van der Waals surface area contributed by atoms with Crippen LogP contribution in [-0.4, -0.2) is 110 Å². The Labute approximate surface area is 279 Å². The van der Waals surface area contributed by atoms with Gasteiger partial charge in [-0.15, -0.1) is 0 Å². The fourth-order valence-corrected chi connectivity index (χ4v) is 7.19. The van der Waals surface area contributed by atoms with E-state index in [0.717, 1.165) is 62.5 Å². The third-order valence-corrected chi connectivity index (χ3v) is 10.0. The fourth-order valence-electron chi connectivity index (χ4n) is 7.19. The first-order valence-corrected chi connectivity index (χ1v) is 16.8. The lowest BCUT2D eigenvalue weighted by molar-refractivity contribution is -0.128. The van der Waals surface area contributed by atoms with Gasteiger partial charge in [0.1, 0.15) is 5.82 Å². The van der Waals surface area contributed by atoms with Gasteiger partial charge < -0.3 is 29.2 Å². The normalized spacial score (nSPS) is 18.7. The van der Waals surface area contributed by atoms with Crippen LogP contribution in [0.1, 0.15) is 36.1 Å². The number of anilines is 2. The summed E-state index contributed by atoms with van der Waals surface area (Å²) in [6, 6.07) is 15.5. The molecule has 10 heteroatoms. The zero-order valence-corrected chi connectivity index (χ0v) is 28.4. The number of aryl methyl sites for hydroxylation is 1. The topological polar surface area (TPSA) is 92.1 Å². The van der Waals surface area contributed by atoms with Gasteiger partial charge in [-0.05, 0) is 70.4 Å². The van der Waals surface area contributed by atoms with Crippen LogP contribution in [0, 0.1) is 23.7 Å². The molecule has 1 saturated carbocycles. The minimum Gasteiger partial charge on any atom is -0.463 e. The molecule has 10 nitrogen and oxygen atoms in total. The zero-order valence-electron chi connectivity index (χ0n) is 28.4. The molecule has 0 bridgehead atoms. The molecule has 2 aliphatic heterocycles. The molecule has 2 aromatic carbocycles. The van der Waals surface area contributed by atoms with Crippen molar-refractivity contribution in [3.63, 3.8) is 0 Å². The van der Waals surface area contributed by atoms with Crippen LogP contribution in [0.4, 0.5) is 11.5 Å². The van der Waals surface area contributed by atoms with Crippen molar-refractivity contribution >= 4 is 28.2 Å². The summed E-state index contributed by atoms with van der Waals surface area (Å²) in [5.74, 6) is 0.741. The van der Waals surface area contributed by atoms with E-state index in [4.69, 9.17) is 14.7 Å². The van der Waals surface area contributed by atoms with Gasteiger partial charge in [0, 0.05) is 67.9 Å². The van der Waals surface area contributed by atoms with Gasteiger partial charge in [0.15, 0.2) is 0 Å². The molecule has 1 amide bonds. The van der Waals surface area contributed by atoms with Crippen LogP contribution in [0.2, 0.25) is 0 Å². The van der Waals surface area contributed by atoms with Crippen molar-refractivity contribution in [3.05, 3.63) is 65.9 Å². The molecule has 0 N–H and O–H groups in total. The first-order valence-electron chi connectivity index (χ1n) is 16.8. The second-order valence-corrected chi connectivity index (χ2v) is 13.9. The summed E-state index contributed by atoms with van der Waals surface area (Å²) < 4.78 is 6.50. The first kappa shape index (κ1) is 32.7. The molecule has 1 saturated heterocycles. The highest BCUT2D eigenvalue weighted by molar-refractivity contribution is 5.97. The Kier molecular flexibility index (Phi) is 9.67. The summed E-state index contributed by atoms with van der Waals surface area (Å²) in [6.45, 7) is 12.6. The number of rotatable bonds is 12. The monoisotopic (exact) mass is 636 g/mol. The number of nitriles is 1. The van der Waals surface area contributed by atoms with E-state index in [0.29, 0.717) is 38.8 Å². The van der Waals surface area contributed by atoms with E-state index in [9.17, 15) is 10.1 Å². The van der Waals surface area contributed by atoms with E-state index < -0.39 is 0 Å². The second-order valence-electron chi connectivity index (χ2n) is 13.9. The smallest absolute Gasteiger partial charge is 0.318 e. The number of hydrogen-bond acceptors (Lipinski definition) is 9. The van der Waals surface area contributed by atoms with Gasteiger partial charge in [-0.25, -0.2) is 0 Å². The summed E-state index contributed by atoms with van der Waals surface area (Å²) in [5.41, 5.74) is 4.72. The molecule has 2 fully saturated rings. The Hall–Kier alpha value is -4.20. The highest BCUT2D eigenvalue weighted by Gasteiger charge is 2.44. The van der Waals surface area contributed by atoms with Crippen LogP contribution >= 0.6 is 0 Å². The Bertz CT molecular complexity index is 1660. The summed E-state index contributed by atoms with van der Waals surface area (Å²) >= 11 is 0. The van der Waals surface area contributed by atoms with E-state index in [-0.39, 0.29) is 23.8 Å². The Balaban J connectivity index is 1.29. The van der Waals surface area contributed by atoms with Crippen molar-refractivity contribution in [2.45, 2.75) is 45.2 Å². The van der Waals surface area contributed by atoms with Crippen LogP contribution in [0.3, 0.4) is 0 Å². The standard InChI is InChI=1S/C37H48N8O2/c1-6-33(46)45-22-21-44(23-29(45)13-17-38)35-30-14-18-43(32-12-8-11-28-10-7-9-27(2)34(28)32)24-31(30)39-36(40-35)47-26-37(15-16-37)25-42(5)20-19-41(3)4/h6-12,29H,1,13-16,18-26H2,2-5H3. The van der Waals surface area contributed by atoms with Gasteiger partial charge in [0.2, 0.25) is 5.91 Å². The third-order valence-electron chi connectivity index (χ3n) is 10.0. The quantitative estimate of drug-likeness (QED) is 0.270. The molecule has 47 heavy (non-hydrogen) atoms. The molecule has 0 spiro atoms. The Morgan fingerprint density at radius 1 is 1.11 bits per heavy atom. The van der Waals surface area contributed by atoms with Crippen molar-refractivity contribution in [2.24, 2.45) is 5.41 Å². The first-order chi connectivity index (χ1) is 22.7. The predicted molar refractivity (Wildman–Crippen MR) is 187 cm³/mol. The molecule has 1 unspecified atom stereocenters. The van der Waals surface area contributed by atoms with Crippen LogP contribution in [0.25, 0.3) is 10.8 Å². The van der Waals surface area contributed by atoms with Gasteiger partial charge in [-0.2, -0.15) is 15.2 Å². The fraction of sp³-hybridized carbons (Fsp3) is 0.514. The minimum atomic E-state index is -0.236. The highest BCUT2D eigenvalue weighted by Crippen LogP contribution is 2.46. The lowest BCUT2D eigenvalue weighted by atomic mass is 9.99. The van der Waals surface area contributed by atoms with Gasteiger partial charge in [0.05, 0.1) is 37.4 Å². The summed E-state index contributed by atoms with van der Waals surface area (Å²) in [7, 11) is 6.41. The molecule has 0 radical (unpaired) electrons. The number of fused-ring (bicyclic) bond motifs is 2. The van der Waals surface area contributed by atoms with Gasteiger partial charge >= 0.3 is 6.01 Å². The largest absolute Gasteiger partial charge is 0.463 e. The van der Waals surface area contributed by atoms with Crippen molar-refractivity contribution in [2.75, 3.05) is 83.4 Å². The van der Waals surface area contributed by atoms with Crippen LogP contribution in [-0.2, 0) is 17.8 Å². The van der Waals surface area contributed by atoms with Gasteiger partial charge in [0.25, 0.3) is 0 Å². The number of benzene rings is 2. The molecule has 1 aliphatic carbocycles. The van der Waals surface area contributed by atoms with Crippen LogP contribution < -0.4 is 14.5 Å². The van der Waals surface area contributed by atoms with Crippen molar-refractivity contribution in [1.82, 2.24) is 24.7 Å². The lowest BCUT2D eigenvalue weighted by Gasteiger charge is -2.42. The third kappa shape index (κ3) is 7.21. The second kappa shape index (κ2) is 13.9. The number of carbonyl (C=O) groups is 1. The van der Waals surface area contributed by atoms with Crippen molar-refractivity contribution in [3.8, 4) is 12.1 Å². The number of amides is 1. The number of aromatic nitrogens is 2. The van der Waals surface area contributed by atoms with Crippen LogP contribution in [0.5, 0.6) is 6.01 Å².